The fourth-order valence-corrected chi connectivity index (χ4v) is 3.04. The zero-order valence-corrected chi connectivity index (χ0v) is 15.5. The smallest absolute Gasteiger partial charge is 0.226 e. The first-order chi connectivity index (χ1) is 9.36. The largest absolute Gasteiger partial charge is 0.391 e. The summed E-state index contributed by atoms with van der Waals surface area (Å²) in [6.07, 6.45) is -0.0508. The number of carbonyl (C=O) groups excluding carboxylic acids is 1. The van der Waals surface area contributed by atoms with E-state index in [2.05, 4.69) is 36.4 Å². The second kappa shape index (κ2) is 9.03. The molecule has 1 aromatic heterocycles. The van der Waals surface area contributed by atoms with Crippen molar-refractivity contribution >= 4 is 42.1 Å². The van der Waals surface area contributed by atoms with Gasteiger partial charge in [0.2, 0.25) is 5.91 Å². The van der Waals surface area contributed by atoms with E-state index < -0.39 is 0 Å². The molecular weight excluding hydrogens is 345 g/mol. The summed E-state index contributed by atoms with van der Waals surface area (Å²) in [7, 11) is 0. The lowest BCUT2D eigenvalue weighted by Gasteiger charge is -2.14. The third-order valence-electron chi connectivity index (χ3n) is 3.40. The third-order valence-corrected chi connectivity index (χ3v) is 4.72. The molecule has 1 saturated heterocycles. The van der Waals surface area contributed by atoms with Gasteiger partial charge in [-0.3, -0.25) is 4.79 Å². The van der Waals surface area contributed by atoms with Crippen LogP contribution in [0.4, 0.5) is 0 Å². The van der Waals surface area contributed by atoms with Crippen molar-refractivity contribution in [3.63, 3.8) is 0 Å². The van der Waals surface area contributed by atoms with Crippen LogP contribution in [0, 0.1) is 5.92 Å². The summed E-state index contributed by atoms with van der Waals surface area (Å²) in [5.74, 6) is 0.0781. The molecule has 0 aliphatic carbocycles. The number of hydrogen-bond acceptors (Lipinski definition) is 5. The van der Waals surface area contributed by atoms with Gasteiger partial charge in [0.15, 0.2) is 0 Å². The highest BCUT2D eigenvalue weighted by molar-refractivity contribution is 7.09. The predicted molar refractivity (Wildman–Crippen MR) is 94.4 cm³/mol. The molecule has 0 radical (unpaired) electrons. The molecule has 0 spiro atoms. The highest BCUT2D eigenvalue weighted by Gasteiger charge is 2.25. The molecule has 0 saturated carbocycles. The molecular formula is C14H25Cl2N3O2S. The summed E-state index contributed by atoms with van der Waals surface area (Å²) in [6.45, 7) is 8.23. The summed E-state index contributed by atoms with van der Waals surface area (Å²) >= 11 is 1.60. The average molecular weight is 370 g/mol. The molecule has 1 aliphatic rings. The minimum atomic E-state index is -0.359. The number of β-amino-alcohol motifs (C(OH)–C–C–N with tert-alkyl or cyclic N) is 1. The zero-order chi connectivity index (χ0) is 14.8. The molecule has 8 heteroatoms. The summed E-state index contributed by atoms with van der Waals surface area (Å²) in [6, 6.07) is 0. The molecule has 5 nitrogen and oxygen atoms in total. The van der Waals surface area contributed by atoms with E-state index in [1.165, 1.54) is 0 Å². The lowest BCUT2D eigenvalue weighted by molar-refractivity contribution is -0.120. The van der Waals surface area contributed by atoms with E-state index >= 15 is 0 Å². The van der Waals surface area contributed by atoms with Gasteiger partial charge in [-0.1, -0.05) is 20.8 Å². The first kappa shape index (κ1) is 21.6. The van der Waals surface area contributed by atoms with Crippen LogP contribution < -0.4 is 10.6 Å². The van der Waals surface area contributed by atoms with Gasteiger partial charge >= 0.3 is 0 Å². The van der Waals surface area contributed by atoms with Gasteiger partial charge in [0.05, 0.1) is 23.2 Å². The average Bonchev–Trinajstić information content (AvgIpc) is 2.95. The molecule has 22 heavy (non-hydrogen) atoms. The van der Waals surface area contributed by atoms with Gasteiger partial charge in [0, 0.05) is 36.3 Å². The number of aliphatic hydroxyl groups excluding tert-OH is 1. The normalized spacial score (nSPS) is 20.9. The van der Waals surface area contributed by atoms with E-state index in [4.69, 9.17) is 0 Å². The molecule has 1 amide bonds. The number of amides is 1. The van der Waals surface area contributed by atoms with E-state index in [1.807, 2.05) is 5.38 Å². The summed E-state index contributed by atoms with van der Waals surface area (Å²) in [5.41, 5.74) is 0.849. The quantitative estimate of drug-likeness (QED) is 0.752. The lowest BCUT2D eigenvalue weighted by Crippen LogP contribution is -2.35. The van der Waals surface area contributed by atoms with Crippen LogP contribution in [0.1, 0.15) is 31.5 Å². The second-order valence-electron chi connectivity index (χ2n) is 6.36. The summed E-state index contributed by atoms with van der Waals surface area (Å²) in [5, 5.41) is 18.6. The Morgan fingerprint density at radius 1 is 1.45 bits per heavy atom. The maximum Gasteiger partial charge on any atom is 0.226 e. The standard InChI is InChI=1S/C14H23N3O2S.2ClH/c1-14(2,3)13-17-10(8-20-13)4-12(19)16-6-9-5-15-7-11(9)18;;/h8-9,11,15,18H,4-7H2,1-3H3,(H,16,19);2*1H. The van der Waals surface area contributed by atoms with Gasteiger partial charge in [-0.05, 0) is 0 Å². The van der Waals surface area contributed by atoms with Crippen molar-refractivity contribution < 1.29 is 9.90 Å². The van der Waals surface area contributed by atoms with E-state index in [0.29, 0.717) is 19.5 Å². The Morgan fingerprint density at radius 2 is 2.14 bits per heavy atom. The summed E-state index contributed by atoms with van der Waals surface area (Å²) in [4.78, 5) is 16.4. The number of aromatic nitrogens is 1. The Bertz CT molecular complexity index is 477. The minimum Gasteiger partial charge on any atom is -0.391 e. The lowest BCUT2D eigenvalue weighted by atomic mass is 9.98. The van der Waals surface area contributed by atoms with E-state index in [-0.39, 0.29) is 48.2 Å². The van der Waals surface area contributed by atoms with Crippen molar-refractivity contribution in [1.29, 1.82) is 0 Å². The fourth-order valence-electron chi connectivity index (χ4n) is 2.13. The van der Waals surface area contributed by atoms with Gasteiger partial charge < -0.3 is 15.7 Å². The molecule has 1 aliphatic heterocycles. The number of carbonyl (C=O) groups is 1. The number of rotatable bonds is 4. The third kappa shape index (κ3) is 6.01. The fraction of sp³-hybridized carbons (Fsp3) is 0.714. The number of aliphatic hydroxyl groups is 1. The van der Waals surface area contributed by atoms with Crippen LogP contribution in [-0.4, -0.2) is 41.7 Å². The maximum absolute atomic E-state index is 11.9. The van der Waals surface area contributed by atoms with Gasteiger partial charge in [0.25, 0.3) is 0 Å². The molecule has 128 valence electrons. The Labute approximate surface area is 148 Å². The van der Waals surface area contributed by atoms with Crippen LogP contribution in [0.15, 0.2) is 5.38 Å². The SMILES string of the molecule is CC(C)(C)c1nc(CC(=O)NCC2CNCC2O)cs1.Cl.Cl. The first-order valence-corrected chi connectivity index (χ1v) is 7.84. The van der Waals surface area contributed by atoms with Gasteiger partial charge in [-0.15, -0.1) is 36.2 Å². The van der Waals surface area contributed by atoms with Crippen molar-refractivity contribution in [2.75, 3.05) is 19.6 Å². The topological polar surface area (TPSA) is 74.2 Å². The molecule has 0 bridgehead atoms. The van der Waals surface area contributed by atoms with Crippen LogP contribution >= 0.6 is 36.2 Å². The first-order valence-electron chi connectivity index (χ1n) is 6.96. The zero-order valence-electron chi connectivity index (χ0n) is 13.1. The highest BCUT2D eigenvalue weighted by atomic mass is 35.5. The minimum absolute atomic E-state index is 0. The number of thiazole rings is 1. The van der Waals surface area contributed by atoms with Gasteiger partial charge in [-0.2, -0.15) is 0 Å². The molecule has 0 aromatic carbocycles. The van der Waals surface area contributed by atoms with Crippen LogP contribution in [0.5, 0.6) is 0 Å². The Morgan fingerprint density at radius 3 is 2.64 bits per heavy atom. The van der Waals surface area contributed by atoms with Gasteiger partial charge in [0.1, 0.15) is 0 Å². The number of halogens is 2. The molecule has 2 atom stereocenters. The number of hydrogen-bond donors (Lipinski definition) is 3. The molecule has 1 fully saturated rings. The van der Waals surface area contributed by atoms with E-state index in [0.717, 1.165) is 17.2 Å². The molecule has 2 unspecified atom stereocenters. The second-order valence-corrected chi connectivity index (χ2v) is 7.22. The van der Waals surface area contributed by atoms with Crippen LogP contribution in [0.25, 0.3) is 0 Å². The van der Waals surface area contributed by atoms with Crippen molar-refractivity contribution in [2.45, 2.75) is 38.7 Å². The van der Waals surface area contributed by atoms with Crippen LogP contribution in [0.2, 0.25) is 0 Å². The Kier molecular flexibility index (Phi) is 8.87. The Hall–Kier alpha value is -0.400. The number of nitrogens with one attached hydrogen (secondary N) is 2. The van der Waals surface area contributed by atoms with Crippen molar-refractivity contribution in [3.05, 3.63) is 16.1 Å². The molecule has 1 aromatic rings. The van der Waals surface area contributed by atoms with Crippen LogP contribution in [0.3, 0.4) is 0 Å². The predicted octanol–water partition coefficient (Wildman–Crippen LogP) is 1.52. The van der Waals surface area contributed by atoms with E-state index in [9.17, 15) is 9.90 Å². The number of nitrogens with zero attached hydrogens (tertiary/aromatic N) is 1. The maximum atomic E-state index is 11.9. The van der Waals surface area contributed by atoms with Crippen molar-refractivity contribution in [3.8, 4) is 0 Å². The Balaban J connectivity index is 0.00000220. The molecule has 3 N–H and O–H groups in total. The summed E-state index contributed by atoms with van der Waals surface area (Å²) < 4.78 is 0. The van der Waals surface area contributed by atoms with E-state index in [1.54, 1.807) is 11.3 Å². The van der Waals surface area contributed by atoms with Crippen LogP contribution in [-0.2, 0) is 16.6 Å². The van der Waals surface area contributed by atoms with Crippen molar-refractivity contribution in [2.24, 2.45) is 5.92 Å². The highest BCUT2D eigenvalue weighted by Crippen LogP contribution is 2.25. The molecule has 2 rings (SSSR count). The monoisotopic (exact) mass is 369 g/mol. The molecule has 2 heterocycles. The van der Waals surface area contributed by atoms with Crippen molar-refractivity contribution in [1.82, 2.24) is 15.6 Å². The van der Waals surface area contributed by atoms with Gasteiger partial charge in [-0.25, -0.2) is 4.98 Å².